The molecule has 4 aromatic rings. The first-order valence-electron chi connectivity index (χ1n) is 17.9. The molecular formula is C38H28N6Na4O18S4. The van der Waals surface area contributed by atoms with Crippen LogP contribution in [-0.4, -0.2) is 101 Å². The summed E-state index contributed by atoms with van der Waals surface area (Å²) < 4.78 is 156. The van der Waals surface area contributed by atoms with E-state index in [-0.39, 0.29) is 141 Å². The molecule has 346 valence electrons. The Balaban J connectivity index is 0.00000420. The molecule has 4 aromatic carbocycles. The Labute approximate surface area is 487 Å². The molecule has 0 fully saturated rings. The molecule has 32 heteroatoms. The molecule has 0 heterocycles. The molecule has 4 N–H and O–H groups in total. The van der Waals surface area contributed by atoms with Crippen molar-refractivity contribution in [3.05, 3.63) is 92.7 Å². The van der Waals surface area contributed by atoms with Crippen molar-refractivity contribution in [2.24, 2.45) is 10.2 Å². The van der Waals surface area contributed by atoms with Gasteiger partial charge in [0.05, 0.1) is 67.7 Å². The van der Waals surface area contributed by atoms with E-state index in [1.165, 1.54) is 50.6 Å². The van der Waals surface area contributed by atoms with E-state index in [1.807, 2.05) is 0 Å². The van der Waals surface area contributed by atoms with E-state index in [1.54, 1.807) is 0 Å². The first kappa shape index (κ1) is 62.9. The van der Waals surface area contributed by atoms with E-state index in [0.29, 0.717) is 47.5 Å². The Morgan fingerprint density at radius 2 is 0.829 bits per heavy atom. The fraction of sp³-hybridized carbons (Fsp3) is 0.105. The number of hydrogen-bond acceptors (Lipinski definition) is 22. The quantitative estimate of drug-likeness (QED) is 0.0549. The number of carbonyl (C=O) groups is 4. The largest absolute Gasteiger partial charge is 1.00 e. The van der Waals surface area contributed by atoms with Crippen LogP contribution in [0.4, 0.5) is 22.7 Å². The molecule has 0 bridgehead atoms. The summed E-state index contributed by atoms with van der Waals surface area (Å²) >= 11 is 0. The van der Waals surface area contributed by atoms with Gasteiger partial charge in [0, 0.05) is 13.8 Å². The number of Topliss-reactive ketones (excluding diaryl/α,β-unsaturated/α-hetero) is 2. The van der Waals surface area contributed by atoms with Gasteiger partial charge >= 0.3 is 118 Å². The van der Waals surface area contributed by atoms with Gasteiger partial charge in [0.1, 0.15) is 63.4 Å². The number of hydrogen-bond donors (Lipinski definition) is 4. The minimum absolute atomic E-state index is 0. The van der Waals surface area contributed by atoms with E-state index in [2.05, 4.69) is 31.7 Å². The van der Waals surface area contributed by atoms with Gasteiger partial charge in [-0.05, 0) is 82.9 Å². The molecule has 0 radical (unpaired) electrons. The third-order valence-electron chi connectivity index (χ3n) is 9.26. The molecule has 0 aromatic heterocycles. The van der Waals surface area contributed by atoms with E-state index < -0.39 is 129 Å². The standard InChI is InChI=1S/C38H32N6O18S4.4Na/c1-17(45)39-27-15-23(63(49,50)51)9-21-13-31(65(55,56)57)35(37(47)33(21)27)43-41-25-7-5-19(11-29(25)61-3)20-6-8-26(30(12-20)62-4)42-44-36-32(66(58,59)60)14-22-10-24(64(52,53)54)16-28(40-18(2)46)34(22)38(36)48;;;;/h5-16,41-42H,1-4H3,(H,39,45)(H,40,46)(H,49,50,51)(H,52,53,54)(H,55,56,57)(H,58,59,60);;;;/q;4*+1/p-4/b43-35+,44-36+;;;;. The van der Waals surface area contributed by atoms with Gasteiger partial charge in [-0.3, -0.25) is 30.0 Å². The SMILES string of the molecule is COc1cc(-c2ccc(N/N=C3/C(=O)c4c(cc(S(=O)(=O)[O-])cc4NC(C)=O)C=C3S(=O)(=O)[O-])c(OC)c2)ccc1N/N=C1/C(=O)c2c(cc(S(=O)(=O)[O-])cc2NC(C)=O)C=C1S(=O)(=O)[O-].[Na+].[Na+].[Na+].[Na+]. The number of ether oxygens (including phenoxy) is 2. The molecule has 0 spiro atoms. The number of anilines is 4. The maximum atomic E-state index is 13.7. The van der Waals surface area contributed by atoms with Crippen LogP contribution in [0.25, 0.3) is 23.3 Å². The van der Waals surface area contributed by atoms with E-state index >= 15 is 0 Å². The monoisotopic (exact) mass is 1080 g/mol. The van der Waals surface area contributed by atoms with Crippen molar-refractivity contribution in [2.45, 2.75) is 23.6 Å². The van der Waals surface area contributed by atoms with Crippen LogP contribution in [0.2, 0.25) is 0 Å². The molecule has 0 saturated carbocycles. The van der Waals surface area contributed by atoms with Gasteiger partial charge < -0.3 is 38.3 Å². The molecule has 6 rings (SSSR count). The van der Waals surface area contributed by atoms with Crippen LogP contribution in [0.15, 0.2) is 90.5 Å². The summed E-state index contributed by atoms with van der Waals surface area (Å²) in [5.74, 6) is -4.08. The summed E-state index contributed by atoms with van der Waals surface area (Å²) in [7, 11) is -19.0. The number of amides is 2. The maximum absolute atomic E-state index is 13.7. The molecule has 70 heavy (non-hydrogen) atoms. The fourth-order valence-electron chi connectivity index (χ4n) is 6.50. The fourth-order valence-corrected chi connectivity index (χ4v) is 8.86. The van der Waals surface area contributed by atoms with Crippen LogP contribution >= 0.6 is 0 Å². The second kappa shape index (κ2) is 24.2. The van der Waals surface area contributed by atoms with Crippen molar-refractivity contribution < 1.29 is 199 Å². The second-order valence-electron chi connectivity index (χ2n) is 13.7. The number of methoxy groups -OCH3 is 2. The predicted octanol–water partition coefficient (Wildman–Crippen LogP) is -9.79. The maximum Gasteiger partial charge on any atom is 1.00 e. The summed E-state index contributed by atoms with van der Waals surface area (Å²) in [6.07, 6.45) is 1.25. The first-order chi connectivity index (χ1) is 30.6. The van der Waals surface area contributed by atoms with Crippen molar-refractivity contribution in [1.29, 1.82) is 0 Å². The first-order valence-corrected chi connectivity index (χ1v) is 23.6. The molecule has 24 nitrogen and oxygen atoms in total. The third-order valence-corrected chi connectivity index (χ3v) is 12.6. The number of fused-ring (bicyclic) bond motifs is 2. The number of rotatable bonds is 13. The van der Waals surface area contributed by atoms with Crippen LogP contribution in [0.1, 0.15) is 45.7 Å². The Bertz CT molecular complexity index is 3230. The number of allylic oxidation sites excluding steroid dienone is 2. The molecule has 0 unspecified atom stereocenters. The number of nitrogens with one attached hydrogen (secondary N) is 4. The zero-order chi connectivity index (χ0) is 48.8. The summed E-state index contributed by atoms with van der Waals surface area (Å²) in [6.45, 7) is 2.01. The molecule has 0 saturated heterocycles. The summed E-state index contributed by atoms with van der Waals surface area (Å²) in [5.41, 5.74) is 0.833. The molecule has 2 aliphatic rings. The minimum Gasteiger partial charge on any atom is -0.744 e. The van der Waals surface area contributed by atoms with Gasteiger partial charge in [0.25, 0.3) is 0 Å². The Kier molecular flexibility index (Phi) is 21.8. The molecular weight excluding hydrogens is 1050 g/mol. The number of benzene rings is 4. The zero-order valence-electron chi connectivity index (χ0n) is 37.8. The van der Waals surface area contributed by atoms with E-state index in [9.17, 15) is 71.1 Å². The normalized spacial score (nSPS) is 14.4. The minimum atomic E-state index is -5.51. The van der Waals surface area contributed by atoms with Crippen LogP contribution in [0.3, 0.4) is 0 Å². The molecule has 2 aliphatic carbocycles. The van der Waals surface area contributed by atoms with Gasteiger partial charge in [-0.1, -0.05) is 12.1 Å². The van der Waals surface area contributed by atoms with E-state index in [4.69, 9.17) is 9.47 Å². The van der Waals surface area contributed by atoms with Gasteiger partial charge in [0.2, 0.25) is 23.4 Å². The van der Waals surface area contributed by atoms with Crippen molar-refractivity contribution in [3.63, 3.8) is 0 Å². The predicted molar refractivity (Wildman–Crippen MR) is 229 cm³/mol. The number of carbonyl (C=O) groups excluding carboxylic acids is 4. The summed E-state index contributed by atoms with van der Waals surface area (Å²) in [6, 6.07) is 11.3. The van der Waals surface area contributed by atoms with E-state index in [0.717, 1.165) is 13.8 Å². The van der Waals surface area contributed by atoms with Crippen LogP contribution in [-0.2, 0) is 50.1 Å². The Morgan fingerprint density at radius 1 is 0.500 bits per heavy atom. The second-order valence-corrected chi connectivity index (χ2v) is 19.2. The van der Waals surface area contributed by atoms with Crippen LogP contribution < -0.4 is 149 Å². The van der Waals surface area contributed by atoms with Gasteiger partial charge in [-0.15, -0.1) is 0 Å². The number of nitrogens with zero attached hydrogens (tertiary/aromatic N) is 2. The average molecular weight is 1080 g/mol. The zero-order valence-corrected chi connectivity index (χ0v) is 49.1. The third kappa shape index (κ3) is 14.1. The van der Waals surface area contributed by atoms with Crippen LogP contribution in [0.5, 0.6) is 11.5 Å². The molecule has 0 aliphatic heterocycles. The van der Waals surface area contributed by atoms with Crippen molar-refractivity contribution >= 4 is 110 Å². The summed E-state index contributed by atoms with van der Waals surface area (Å²) in [5, 5.41) is 12.1. The smallest absolute Gasteiger partial charge is 0.744 e. The van der Waals surface area contributed by atoms with Crippen molar-refractivity contribution in [2.75, 3.05) is 35.7 Å². The number of ketones is 2. The van der Waals surface area contributed by atoms with Gasteiger partial charge in [0.15, 0.2) is 0 Å². The molecule has 2 amide bonds. The summed E-state index contributed by atoms with van der Waals surface area (Å²) in [4.78, 5) is 47.0. The van der Waals surface area contributed by atoms with Gasteiger partial charge in [-0.25, -0.2) is 33.7 Å². The Hall–Kier alpha value is -3.18. The van der Waals surface area contributed by atoms with Crippen molar-refractivity contribution in [3.8, 4) is 22.6 Å². The number of hydrazone groups is 2. The van der Waals surface area contributed by atoms with Crippen LogP contribution in [0, 0.1) is 0 Å². The topological polar surface area (TPSA) is 388 Å². The average Bonchev–Trinajstić information content (AvgIpc) is 3.20. The van der Waals surface area contributed by atoms with Gasteiger partial charge in [-0.2, -0.15) is 10.2 Å². The molecule has 0 atom stereocenters. The van der Waals surface area contributed by atoms with Crippen molar-refractivity contribution in [1.82, 2.24) is 0 Å². The Morgan fingerprint density at radius 3 is 1.10 bits per heavy atom.